The number of benzene rings is 2. The summed E-state index contributed by atoms with van der Waals surface area (Å²) in [6.45, 7) is 0.332. The molecule has 21 heavy (non-hydrogen) atoms. The number of rotatable bonds is 4. The largest absolute Gasteiger partial charge is 0.457 e. The van der Waals surface area contributed by atoms with Gasteiger partial charge in [0.15, 0.2) is 0 Å². The first-order valence-electron chi connectivity index (χ1n) is 7.30. The second-order valence-corrected chi connectivity index (χ2v) is 5.26. The Kier molecular flexibility index (Phi) is 4.15. The molecule has 1 aliphatic carbocycles. The van der Waals surface area contributed by atoms with Crippen LogP contribution in [0.25, 0.3) is 0 Å². The molecule has 0 heterocycles. The summed E-state index contributed by atoms with van der Waals surface area (Å²) in [5.74, 6) is -0.0142. The van der Waals surface area contributed by atoms with Crippen molar-refractivity contribution in [3.63, 3.8) is 0 Å². The molecule has 2 aromatic carbocycles. The van der Waals surface area contributed by atoms with Crippen LogP contribution in [0.4, 0.5) is 0 Å². The third-order valence-electron chi connectivity index (χ3n) is 3.85. The molecule has 3 rings (SSSR count). The second kappa shape index (κ2) is 6.40. The average Bonchev–Trinajstić information content (AvgIpc) is 3.04. The van der Waals surface area contributed by atoms with Crippen LogP contribution >= 0.6 is 0 Å². The first-order chi connectivity index (χ1) is 10.3. The average molecular weight is 278 g/mol. The third kappa shape index (κ3) is 3.22. The zero-order valence-electron chi connectivity index (χ0n) is 11.9. The number of allylic oxidation sites excluding steroid dienone is 1. The molecule has 1 aliphatic rings. The number of carbonyl (C=O) groups excluding carboxylic acids is 1. The fourth-order valence-electron chi connectivity index (χ4n) is 2.77. The summed E-state index contributed by atoms with van der Waals surface area (Å²) in [4.78, 5) is 12.3. The third-order valence-corrected chi connectivity index (χ3v) is 3.85. The van der Waals surface area contributed by atoms with Crippen molar-refractivity contribution in [2.24, 2.45) is 0 Å². The minimum absolute atomic E-state index is 0.175. The van der Waals surface area contributed by atoms with Crippen LogP contribution in [-0.4, -0.2) is 5.97 Å². The normalized spacial score (nSPS) is 17.3. The van der Waals surface area contributed by atoms with E-state index in [1.807, 2.05) is 54.6 Å². The van der Waals surface area contributed by atoms with Crippen molar-refractivity contribution >= 4 is 5.97 Å². The van der Waals surface area contributed by atoms with Gasteiger partial charge in [-0.3, -0.25) is 0 Å². The van der Waals surface area contributed by atoms with E-state index in [1.54, 1.807) is 0 Å². The molecule has 0 amide bonds. The first-order valence-corrected chi connectivity index (χ1v) is 7.30. The van der Waals surface area contributed by atoms with Crippen LogP contribution < -0.4 is 0 Å². The monoisotopic (exact) mass is 278 g/mol. The molecule has 0 N–H and O–H groups in total. The zero-order valence-corrected chi connectivity index (χ0v) is 11.9. The summed E-state index contributed by atoms with van der Waals surface area (Å²) >= 11 is 0. The quantitative estimate of drug-likeness (QED) is 0.782. The van der Waals surface area contributed by atoms with Crippen LogP contribution in [-0.2, 0) is 16.1 Å². The maximum atomic E-state index is 12.3. The van der Waals surface area contributed by atoms with Gasteiger partial charge in [0.25, 0.3) is 0 Å². The lowest BCUT2D eigenvalue weighted by Crippen LogP contribution is -2.12. The molecular weight excluding hydrogens is 260 g/mol. The van der Waals surface area contributed by atoms with Gasteiger partial charge in [-0.1, -0.05) is 66.7 Å². The van der Waals surface area contributed by atoms with E-state index in [-0.39, 0.29) is 11.9 Å². The lowest BCUT2D eigenvalue weighted by molar-refractivity contribution is -0.140. The van der Waals surface area contributed by atoms with Crippen molar-refractivity contribution in [1.29, 1.82) is 0 Å². The fourth-order valence-corrected chi connectivity index (χ4v) is 2.77. The van der Waals surface area contributed by atoms with Crippen LogP contribution in [0.3, 0.4) is 0 Å². The molecule has 106 valence electrons. The Morgan fingerprint density at radius 1 is 1.00 bits per heavy atom. The molecule has 2 aromatic rings. The standard InChI is InChI=1S/C19H18O2/c20-19(21-14-15-8-3-1-4-9-15)18-13-7-12-17(18)16-10-5-2-6-11-16/h1-6,8-11,13,17H,7,12,14H2. The molecule has 0 saturated carbocycles. The SMILES string of the molecule is O=C(OCc1ccccc1)C1=CCCC1c1ccccc1. The highest BCUT2D eigenvalue weighted by molar-refractivity contribution is 5.90. The van der Waals surface area contributed by atoms with Gasteiger partial charge in [0, 0.05) is 11.5 Å². The Morgan fingerprint density at radius 2 is 1.67 bits per heavy atom. The fraction of sp³-hybridized carbons (Fsp3) is 0.211. The molecule has 0 aromatic heterocycles. The number of ether oxygens (including phenoxy) is 1. The molecule has 2 heteroatoms. The van der Waals surface area contributed by atoms with Crippen molar-refractivity contribution in [2.45, 2.75) is 25.4 Å². The van der Waals surface area contributed by atoms with Crippen molar-refractivity contribution < 1.29 is 9.53 Å². The minimum atomic E-state index is -0.190. The van der Waals surface area contributed by atoms with Crippen LogP contribution in [0.2, 0.25) is 0 Å². The van der Waals surface area contributed by atoms with Crippen molar-refractivity contribution in [3.05, 3.63) is 83.4 Å². The van der Waals surface area contributed by atoms with Crippen LogP contribution in [0.1, 0.15) is 29.9 Å². The van der Waals surface area contributed by atoms with Crippen LogP contribution in [0.15, 0.2) is 72.3 Å². The smallest absolute Gasteiger partial charge is 0.334 e. The van der Waals surface area contributed by atoms with Gasteiger partial charge in [-0.05, 0) is 24.0 Å². The predicted molar refractivity (Wildman–Crippen MR) is 82.7 cm³/mol. The van der Waals surface area contributed by atoms with E-state index < -0.39 is 0 Å². The van der Waals surface area contributed by atoms with Gasteiger partial charge in [0.1, 0.15) is 6.61 Å². The summed E-state index contributed by atoms with van der Waals surface area (Å²) in [5.41, 5.74) is 3.01. The molecule has 0 spiro atoms. The molecule has 0 fully saturated rings. The molecule has 0 saturated heterocycles. The maximum absolute atomic E-state index is 12.3. The zero-order chi connectivity index (χ0) is 14.5. The Morgan fingerprint density at radius 3 is 2.38 bits per heavy atom. The minimum Gasteiger partial charge on any atom is -0.457 e. The van der Waals surface area contributed by atoms with Crippen molar-refractivity contribution in [1.82, 2.24) is 0 Å². The summed E-state index contributed by atoms with van der Waals surface area (Å²) in [7, 11) is 0. The highest BCUT2D eigenvalue weighted by Crippen LogP contribution is 2.35. The predicted octanol–water partition coefficient (Wildman–Crippen LogP) is 4.23. The molecule has 0 aliphatic heterocycles. The van der Waals surface area contributed by atoms with Gasteiger partial charge < -0.3 is 4.74 Å². The summed E-state index contributed by atoms with van der Waals surface area (Å²) in [6, 6.07) is 20.0. The highest BCUT2D eigenvalue weighted by Gasteiger charge is 2.27. The lowest BCUT2D eigenvalue weighted by Gasteiger charge is -2.14. The van der Waals surface area contributed by atoms with E-state index in [2.05, 4.69) is 12.1 Å². The molecule has 0 bridgehead atoms. The van der Waals surface area contributed by atoms with E-state index in [9.17, 15) is 4.79 Å². The van der Waals surface area contributed by atoms with Gasteiger partial charge >= 0.3 is 5.97 Å². The Hall–Kier alpha value is -2.35. The summed E-state index contributed by atoms with van der Waals surface area (Å²) in [6.07, 6.45) is 3.94. The Balaban J connectivity index is 1.67. The molecule has 0 radical (unpaired) electrons. The second-order valence-electron chi connectivity index (χ2n) is 5.26. The summed E-state index contributed by atoms with van der Waals surface area (Å²) in [5, 5.41) is 0. The lowest BCUT2D eigenvalue weighted by atomic mass is 9.93. The number of hydrogen-bond donors (Lipinski definition) is 0. The number of hydrogen-bond acceptors (Lipinski definition) is 2. The highest BCUT2D eigenvalue weighted by atomic mass is 16.5. The van der Waals surface area contributed by atoms with Crippen molar-refractivity contribution in [2.75, 3.05) is 0 Å². The van der Waals surface area contributed by atoms with Gasteiger partial charge in [0.2, 0.25) is 0 Å². The van der Waals surface area contributed by atoms with E-state index in [0.29, 0.717) is 6.61 Å². The van der Waals surface area contributed by atoms with E-state index >= 15 is 0 Å². The Labute approximate surface area is 125 Å². The van der Waals surface area contributed by atoms with Gasteiger partial charge in [0.05, 0.1) is 0 Å². The van der Waals surface area contributed by atoms with Crippen LogP contribution in [0.5, 0.6) is 0 Å². The van der Waals surface area contributed by atoms with E-state index in [4.69, 9.17) is 4.74 Å². The topological polar surface area (TPSA) is 26.3 Å². The number of carbonyl (C=O) groups is 1. The molecule has 1 atom stereocenters. The molecule has 2 nitrogen and oxygen atoms in total. The summed E-state index contributed by atoms with van der Waals surface area (Å²) < 4.78 is 5.46. The molecular formula is C19H18O2. The number of esters is 1. The van der Waals surface area contributed by atoms with E-state index in [1.165, 1.54) is 5.56 Å². The Bertz CT molecular complexity index is 629. The van der Waals surface area contributed by atoms with Gasteiger partial charge in [-0.2, -0.15) is 0 Å². The van der Waals surface area contributed by atoms with Crippen LogP contribution in [0, 0.1) is 0 Å². The first kappa shape index (κ1) is 13.6. The molecule has 1 unspecified atom stereocenters. The van der Waals surface area contributed by atoms with Gasteiger partial charge in [-0.25, -0.2) is 4.79 Å². The maximum Gasteiger partial charge on any atom is 0.334 e. The van der Waals surface area contributed by atoms with E-state index in [0.717, 1.165) is 24.0 Å². The van der Waals surface area contributed by atoms with Gasteiger partial charge in [-0.15, -0.1) is 0 Å². The van der Waals surface area contributed by atoms with Crippen molar-refractivity contribution in [3.8, 4) is 0 Å².